The summed E-state index contributed by atoms with van der Waals surface area (Å²) in [6, 6.07) is 11.1. The lowest BCUT2D eigenvalue weighted by Gasteiger charge is -1.99. The normalized spacial score (nSPS) is 11.0. The lowest BCUT2D eigenvalue weighted by molar-refractivity contribution is -0.115. The number of para-hydroxylation sites is 1. The first-order chi connectivity index (χ1) is 11.3. The van der Waals surface area contributed by atoms with Crippen LogP contribution in [0.1, 0.15) is 5.69 Å². The topological polar surface area (TPSA) is 81.2 Å². The molecule has 0 aliphatic rings. The molecule has 0 spiro atoms. The molecule has 0 aliphatic heterocycles. The zero-order valence-corrected chi connectivity index (χ0v) is 12.7. The van der Waals surface area contributed by atoms with Crippen LogP contribution < -0.4 is 5.32 Å². The van der Waals surface area contributed by atoms with E-state index in [9.17, 15) is 4.79 Å². The summed E-state index contributed by atoms with van der Waals surface area (Å²) in [6.45, 7) is 0. The van der Waals surface area contributed by atoms with E-state index in [4.69, 9.17) is 8.94 Å². The van der Waals surface area contributed by atoms with Gasteiger partial charge in [-0.25, -0.2) is 4.98 Å². The molecule has 0 radical (unpaired) electrons. The molecule has 1 amide bonds. The van der Waals surface area contributed by atoms with Crippen LogP contribution in [-0.2, 0) is 11.2 Å². The van der Waals surface area contributed by atoms with E-state index in [1.165, 1.54) is 11.3 Å². The number of nitrogens with zero attached hydrogens (tertiary/aromatic N) is 2. The van der Waals surface area contributed by atoms with Crippen molar-refractivity contribution < 1.29 is 13.7 Å². The van der Waals surface area contributed by atoms with E-state index in [1.807, 2.05) is 35.7 Å². The van der Waals surface area contributed by atoms with E-state index in [0.717, 1.165) is 5.39 Å². The Kier molecular flexibility index (Phi) is 3.39. The Labute approximate surface area is 134 Å². The number of carbonyl (C=O) groups is 1. The smallest absolute Gasteiger partial charge is 0.232 e. The van der Waals surface area contributed by atoms with Gasteiger partial charge in [0.25, 0.3) is 0 Å². The summed E-state index contributed by atoms with van der Waals surface area (Å²) in [5.41, 5.74) is 1.98. The first-order valence-corrected chi connectivity index (χ1v) is 7.80. The molecule has 0 saturated heterocycles. The molecule has 1 N–H and O–H groups in total. The van der Waals surface area contributed by atoms with E-state index in [2.05, 4.69) is 15.5 Å². The van der Waals surface area contributed by atoms with Crippen LogP contribution in [0.3, 0.4) is 0 Å². The molecule has 7 heteroatoms. The Morgan fingerprint density at radius 1 is 1.22 bits per heavy atom. The lowest BCUT2D eigenvalue weighted by Crippen LogP contribution is -2.14. The van der Waals surface area contributed by atoms with Gasteiger partial charge in [0.1, 0.15) is 11.4 Å². The van der Waals surface area contributed by atoms with E-state index in [1.54, 1.807) is 12.3 Å². The Bertz CT molecular complexity index is 956. The van der Waals surface area contributed by atoms with Gasteiger partial charge in [-0.15, -0.1) is 11.3 Å². The molecule has 114 valence electrons. The molecule has 3 aromatic heterocycles. The summed E-state index contributed by atoms with van der Waals surface area (Å²) in [5, 5.41) is 9.93. The Morgan fingerprint density at radius 3 is 3.00 bits per heavy atom. The molecule has 0 unspecified atom stereocenters. The van der Waals surface area contributed by atoms with Crippen LogP contribution in [0.15, 0.2) is 57.0 Å². The summed E-state index contributed by atoms with van der Waals surface area (Å²) in [7, 11) is 0. The third-order valence-electron chi connectivity index (χ3n) is 3.30. The summed E-state index contributed by atoms with van der Waals surface area (Å²) >= 11 is 1.35. The Balaban J connectivity index is 1.48. The predicted octanol–water partition coefficient (Wildman–Crippen LogP) is 3.73. The fourth-order valence-electron chi connectivity index (χ4n) is 2.25. The Morgan fingerprint density at radius 2 is 2.13 bits per heavy atom. The minimum absolute atomic E-state index is 0.132. The van der Waals surface area contributed by atoms with Gasteiger partial charge in [-0.05, 0) is 24.3 Å². The maximum Gasteiger partial charge on any atom is 0.232 e. The van der Waals surface area contributed by atoms with Crippen LogP contribution in [-0.4, -0.2) is 16.0 Å². The second-order valence-electron chi connectivity index (χ2n) is 4.87. The number of thiazole rings is 1. The number of hydrogen-bond donors (Lipinski definition) is 1. The SMILES string of the molecule is O=C(Cc1noc2ccccc12)Nc1nc(-c2ccco2)cs1. The molecule has 0 fully saturated rings. The first kappa shape index (κ1) is 13.7. The van der Waals surface area contributed by atoms with Crippen molar-refractivity contribution in [3.05, 3.63) is 53.7 Å². The number of fused-ring (bicyclic) bond motifs is 1. The molecule has 4 aromatic rings. The number of benzene rings is 1. The van der Waals surface area contributed by atoms with Gasteiger partial charge >= 0.3 is 0 Å². The van der Waals surface area contributed by atoms with Crippen molar-refractivity contribution >= 4 is 33.3 Å². The zero-order chi connectivity index (χ0) is 15.6. The van der Waals surface area contributed by atoms with Crippen LogP contribution in [0.4, 0.5) is 5.13 Å². The van der Waals surface area contributed by atoms with Crippen LogP contribution in [0.5, 0.6) is 0 Å². The molecule has 4 rings (SSSR count). The second-order valence-corrected chi connectivity index (χ2v) is 5.72. The molecular weight excluding hydrogens is 314 g/mol. The van der Waals surface area contributed by atoms with Gasteiger partial charge < -0.3 is 14.3 Å². The average molecular weight is 325 g/mol. The molecular formula is C16H11N3O3S. The summed E-state index contributed by atoms with van der Waals surface area (Å²) in [4.78, 5) is 16.5. The summed E-state index contributed by atoms with van der Waals surface area (Å²) in [6.07, 6.45) is 1.72. The highest BCUT2D eigenvalue weighted by Crippen LogP contribution is 2.25. The average Bonchev–Trinajstić information content (AvgIpc) is 3.27. The lowest BCUT2D eigenvalue weighted by atomic mass is 10.2. The molecule has 6 nitrogen and oxygen atoms in total. The number of rotatable bonds is 4. The number of amides is 1. The number of hydrogen-bond acceptors (Lipinski definition) is 6. The molecule has 3 heterocycles. The summed E-state index contributed by atoms with van der Waals surface area (Å²) < 4.78 is 10.5. The van der Waals surface area contributed by atoms with Gasteiger partial charge in [0.15, 0.2) is 16.5 Å². The highest BCUT2D eigenvalue weighted by molar-refractivity contribution is 7.14. The monoisotopic (exact) mass is 325 g/mol. The maximum absolute atomic E-state index is 12.2. The van der Waals surface area contributed by atoms with Gasteiger partial charge in [0, 0.05) is 10.8 Å². The van der Waals surface area contributed by atoms with E-state index >= 15 is 0 Å². The van der Waals surface area contributed by atoms with Crippen LogP contribution in [0, 0.1) is 0 Å². The van der Waals surface area contributed by atoms with Crippen LogP contribution in [0.25, 0.3) is 22.4 Å². The van der Waals surface area contributed by atoms with E-state index in [-0.39, 0.29) is 12.3 Å². The van der Waals surface area contributed by atoms with Gasteiger partial charge in [-0.2, -0.15) is 0 Å². The number of furan rings is 1. The van der Waals surface area contributed by atoms with Gasteiger partial charge in [-0.1, -0.05) is 17.3 Å². The number of aromatic nitrogens is 2. The molecule has 0 saturated carbocycles. The van der Waals surface area contributed by atoms with E-state index in [0.29, 0.717) is 27.9 Å². The quantitative estimate of drug-likeness (QED) is 0.618. The number of carbonyl (C=O) groups excluding carboxylic acids is 1. The van der Waals surface area contributed by atoms with Crippen LogP contribution in [0.2, 0.25) is 0 Å². The minimum Gasteiger partial charge on any atom is -0.463 e. The third-order valence-corrected chi connectivity index (χ3v) is 4.06. The van der Waals surface area contributed by atoms with Gasteiger partial charge in [0.2, 0.25) is 5.91 Å². The van der Waals surface area contributed by atoms with Crippen molar-refractivity contribution in [3.63, 3.8) is 0 Å². The zero-order valence-electron chi connectivity index (χ0n) is 11.9. The van der Waals surface area contributed by atoms with Gasteiger partial charge in [0.05, 0.1) is 12.7 Å². The van der Waals surface area contributed by atoms with Crippen molar-refractivity contribution in [2.24, 2.45) is 0 Å². The minimum atomic E-state index is -0.190. The van der Waals surface area contributed by atoms with Crippen molar-refractivity contribution in [1.82, 2.24) is 10.1 Å². The first-order valence-electron chi connectivity index (χ1n) is 6.92. The second kappa shape index (κ2) is 5.69. The molecule has 0 aliphatic carbocycles. The fraction of sp³-hybridized carbons (Fsp3) is 0.0625. The van der Waals surface area contributed by atoms with Crippen molar-refractivity contribution in [1.29, 1.82) is 0 Å². The molecule has 0 atom stereocenters. The Hall–Kier alpha value is -2.93. The fourth-order valence-corrected chi connectivity index (χ4v) is 2.97. The summed E-state index contributed by atoms with van der Waals surface area (Å²) in [5.74, 6) is 0.480. The molecule has 0 bridgehead atoms. The highest BCUT2D eigenvalue weighted by Gasteiger charge is 2.14. The molecule has 23 heavy (non-hydrogen) atoms. The van der Waals surface area contributed by atoms with Crippen LogP contribution >= 0.6 is 11.3 Å². The highest BCUT2D eigenvalue weighted by atomic mass is 32.1. The largest absolute Gasteiger partial charge is 0.463 e. The molecule has 1 aromatic carbocycles. The third kappa shape index (κ3) is 2.74. The van der Waals surface area contributed by atoms with Crippen molar-refractivity contribution in [2.75, 3.05) is 5.32 Å². The van der Waals surface area contributed by atoms with Gasteiger partial charge in [-0.3, -0.25) is 4.79 Å². The number of anilines is 1. The van der Waals surface area contributed by atoms with E-state index < -0.39 is 0 Å². The van der Waals surface area contributed by atoms with Crippen molar-refractivity contribution in [3.8, 4) is 11.5 Å². The predicted molar refractivity (Wildman–Crippen MR) is 86.2 cm³/mol. The number of nitrogens with one attached hydrogen (secondary N) is 1. The van der Waals surface area contributed by atoms with Crippen molar-refractivity contribution in [2.45, 2.75) is 6.42 Å². The maximum atomic E-state index is 12.2. The standard InChI is InChI=1S/C16H11N3O3S/c20-15(8-11-10-4-1-2-5-13(10)22-19-11)18-16-17-12(9-23-16)14-6-3-7-21-14/h1-7,9H,8H2,(H,17,18,20).